The van der Waals surface area contributed by atoms with Gasteiger partial charge in [0.1, 0.15) is 6.04 Å². The second kappa shape index (κ2) is 6.62. The largest absolute Gasteiger partial charge is 0.337 e. The predicted octanol–water partition coefficient (Wildman–Crippen LogP) is 3.97. The molecule has 1 saturated heterocycles. The van der Waals surface area contributed by atoms with E-state index in [2.05, 4.69) is 15.0 Å². The summed E-state index contributed by atoms with van der Waals surface area (Å²) >= 11 is 0. The second-order valence-corrected chi connectivity index (χ2v) is 7.57. The molecule has 1 amide bonds. The Kier molecular flexibility index (Phi) is 4.36. The summed E-state index contributed by atoms with van der Waals surface area (Å²) < 4.78 is 5.56. The second-order valence-electron chi connectivity index (χ2n) is 7.57. The van der Waals surface area contributed by atoms with Gasteiger partial charge in [-0.3, -0.25) is 4.79 Å². The monoisotopic (exact) mass is 317 g/mol. The third kappa shape index (κ3) is 3.43. The van der Waals surface area contributed by atoms with Gasteiger partial charge >= 0.3 is 0 Å². The first-order valence-corrected chi connectivity index (χ1v) is 9.44. The maximum absolute atomic E-state index is 12.9. The number of hydrogen-bond donors (Lipinski definition) is 0. The Morgan fingerprint density at radius 2 is 1.83 bits per heavy atom. The first-order chi connectivity index (χ1) is 11.3. The molecule has 126 valence electrons. The molecule has 0 bridgehead atoms. The van der Waals surface area contributed by atoms with Crippen LogP contribution in [-0.4, -0.2) is 27.5 Å². The fourth-order valence-corrected chi connectivity index (χ4v) is 4.13. The standard InChI is InChI=1S/C18H27N3O2/c22-16(12-13-6-3-4-7-13)21-11-5-1-2-8-15(21)18-19-17(20-23-18)14-9-10-14/h13-15H,1-12H2. The summed E-state index contributed by atoms with van der Waals surface area (Å²) in [5.41, 5.74) is 0. The summed E-state index contributed by atoms with van der Waals surface area (Å²) in [5, 5.41) is 4.16. The van der Waals surface area contributed by atoms with E-state index in [0.717, 1.165) is 31.6 Å². The molecule has 1 aromatic heterocycles. The smallest absolute Gasteiger partial charge is 0.249 e. The molecule has 1 unspecified atom stereocenters. The highest BCUT2D eigenvalue weighted by atomic mass is 16.5. The first kappa shape index (κ1) is 15.2. The molecule has 0 aromatic carbocycles. The zero-order chi connectivity index (χ0) is 15.6. The summed E-state index contributed by atoms with van der Waals surface area (Å²) in [6.07, 6.45) is 12.5. The van der Waals surface area contributed by atoms with Crippen molar-refractivity contribution in [3.8, 4) is 0 Å². The van der Waals surface area contributed by atoms with E-state index >= 15 is 0 Å². The number of carbonyl (C=O) groups is 1. The van der Waals surface area contributed by atoms with Gasteiger partial charge in [0.25, 0.3) is 0 Å². The van der Waals surface area contributed by atoms with Crippen LogP contribution in [0.3, 0.4) is 0 Å². The van der Waals surface area contributed by atoms with Gasteiger partial charge in [-0.1, -0.05) is 30.8 Å². The lowest BCUT2D eigenvalue weighted by atomic mass is 10.0. The highest BCUT2D eigenvalue weighted by Gasteiger charge is 2.35. The lowest BCUT2D eigenvalue weighted by Gasteiger charge is -2.28. The van der Waals surface area contributed by atoms with Crippen LogP contribution in [0.25, 0.3) is 0 Å². The maximum Gasteiger partial charge on any atom is 0.249 e. The molecule has 0 spiro atoms. The van der Waals surface area contributed by atoms with Gasteiger partial charge in [-0.15, -0.1) is 0 Å². The molecule has 0 radical (unpaired) electrons. The van der Waals surface area contributed by atoms with Crippen molar-refractivity contribution in [3.05, 3.63) is 11.7 Å². The van der Waals surface area contributed by atoms with E-state index in [0.29, 0.717) is 30.1 Å². The summed E-state index contributed by atoms with van der Waals surface area (Å²) in [5.74, 6) is 2.92. The number of aromatic nitrogens is 2. The molecule has 4 rings (SSSR count). The summed E-state index contributed by atoms with van der Waals surface area (Å²) in [4.78, 5) is 19.6. The molecule has 23 heavy (non-hydrogen) atoms. The minimum atomic E-state index is 0.00593. The van der Waals surface area contributed by atoms with Gasteiger partial charge in [0.05, 0.1) is 0 Å². The molecule has 1 aliphatic heterocycles. The van der Waals surface area contributed by atoms with E-state index in [-0.39, 0.29) is 6.04 Å². The van der Waals surface area contributed by atoms with E-state index in [4.69, 9.17) is 4.52 Å². The highest BCUT2D eigenvalue weighted by Crippen LogP contribution is 2.39. The van der Waals surface area contributed by atoms with Gasteiger partial charge in [-0.05, 0) is 44.4 Å². The molecule has 3 aliphatic rings. The lowest BCUT2D eigenvalue weighted by molar-refractivity contribution is -0.135. The number of carbonyl (C=O) groups excluding carboxylic acids is 1. The number of hydrogen-bond acceptors (Lipinski definition) is 4. The quantitative estimate of drug-likeness (QED) is 0.843. The summed E-state index contributed by atoms with van der Waals surface area (Å²) in [7, 11) is 0. The molecule has 5 nitrogen and oxygen atoms in total. The third-order valence-corrected chi connectivity index (χ3v) is 5.70. The number of likely N-dealkylation sites (tertiary alicyclic amines) is 1. The summed E-state index contributed by atoms with van der Waals surface area (Å²) in [6.45, 7) is 0.845. The van der Waals surface area contributed by atoms with E-state index in [1.165, 1.54) is 44.9 Å². The van der Waals surface area contributed by atoms with E-state index in [1.54, 1.807) is 0 Å². The molecular formula is C18H27N3O2. The topological polar surface area (TPSA) is 59.2 Å². The molecule has 2 saturated carbocycles. The van der Waals surface area contributed by atoms with Gasteiger partial charge in [-0.25, -0.2) is 0 Å². The molecule has 1 atom stereocenters. The normalized spacial score (nSPS) is 26.4. The van der Waals surface area contributed by atoms with Crippen molar-refractivity contribution in [3.63, 3.8) is 0 Å². The molecule has 3 fully saturated rings. The molecular weight excluding hydrogens is 290 g/mol. The van der Waals surface area contributed by atoms with Crippen LogP contribution >= 0.6 is 0 Å². The minimum Gasteiger partial charge on any atom is -0.337 e. The van der Waals surface area contributed by atoms with Crippen molar-refractivity contribution < 1.29 is 9.32 Å². The van der Waals surface area contributed by atoms with E-state index in [1.807, 2.05) is 0 Å². The zero-order valence-electron chi connectivity index (χ0n) is 13.9. The van der Waals surface area contributed by atoms with Crippen LogP contribution < -0.4 is 0 Å². The van der Waals surface area contributed by atoms with Gasteiger partial charge in [0.15, 0.2) is 5.82 Å². The molecule has 5 heteroatoms. The van der Waals surface area contributed by atoms with Crippen LogP contribution in [0.2, 0.25) is 0 Å². The van der Waals surface area contributed by atoms with Crippen molar-refractivity contribution in [2.45, 2.75) is 82.6 Å². The van der Waals surface area contributed by atoms with Gasteiger partial charge < -0.3 is 9.42 Å². The van der Waals surface area contributed by atoms with Crippen molar-refractivity contribution in [1.82, 2.24) is 15.0 Å². The lowest BCUT2D eigenvalue weighted by Crippen LogP contribution is -2.35. The molecule has 2 heterocycles. The van der Waals surface area contributed by atoms with Crippen LogP contribution in [0.15, 0.2) is 4.52 Å². The Balaban J connectivity index is 1.49. The molecule has 2 aliphatic carbocycles. The van der Waals surface area contributed by atoms with Crippen LogP contribution in [0.4, 0.5) is 0 Å². The van der Waals surface area contributed by atoms with Crippen LogP contribution in [0.5, 0.6) is 0 Å². The number of nitrogens with zero attached hydrogens (tertiary/aromatic N) is 3. The third-order valence-electron chi connectivity index (χ3n) is 5.70. The van der Waals surface area contributed by atoms with Crippen molar-refractivity contribution >= 4 is 5.91 Å². The highest BCUT2D eigenvalue weighted by molar-refractivity contribution is 5.77. The van der Waals surface area contributed by atoms with E-state index in [9.17, 15) is 4.79 Å². The average Bonchev–Trinajstić information content (AvgIpc) is 3.17. The van der Waals surface area contributed by atoms with Gasteiger partial charge in [0, 0.05) is 18.9 Å². The van der Waals surface area contributed by atoms with Gasteiger partial charge in [-0.2, -0.15) is 4.98 Å². The predicted molar refractivity (Wildman–Crippen MR) is 85.8 cm³/mol. The SMILES string of the molecule is O=C(CC1CCCC1)N1CCCCCC1c1nc(C2CC2)no1. The van der Waals surface area contributed by atoms with Crippen molar-refractivity contribution in [1.29, 1.82) is 0 Å². The van der Waals surface area contributed by atoms with E-state index < -0.39 is 0 Å². The number of amides is 1. The molecule has 0 N–H and O–H groups in total. The fourth-order valence-electron chi connectivity index (χ4n) is 4.13. The number of rotatable bonds is 4. The average molecular weight is 317 g/mol. The first-order valence-electron chi connectivity index (χ1n) is 9.44. The van der Waals surface area contributed by atoms with Crippen molar-refractivity contribution in [2.24, 2.45) is 5.92 Å². The van der Waals surface area contributed by atoms with Crippen molar-refractivity contribution in [2.75, 3.05) is 6.54 Å². The Morgan fingerprint density at radius 1 is 1.04 bits per heavy atom. The van der Waals surface area contributed by atoms with Crippen LogP contribution in [0.1, 0.15) is 94.3 Å². The minimum absolute atomic E-state index is 0.00593. The van der Waals surface area contributed by atoms with Crippen LogP contribution in [0, 0.1) is 5.92 Å². The maximum atomic E-state index is 12.9. The Labute approximate surface area is 137 Å². The zero-order valence-corrected chi connectivity index (χ0v) is 13.9. The Morgan fingerprint density at radius 3 is 2.61 bits per heavy atom. The summed E-state index contributed by atoms with van der Waals surface area (Å²) in [6, 6.07) is 0.00593. The Hall–Kier alpha value is -1.39. The fraction of sp³-hybridized carbons (Fsp3) is 0.833. The van der Waals surface area contributed by atoms with Gasteiger partial charge in [0.2, 0.25) is 11.8 Å². The van der Waals surface area contributed by atoms with Crippen LogP contribution in [-0.2, 0) is 4.79 Å². The Bertz CT molecular complexity index is 546. The molecule has 1 aromatic rings.